The van der Waals surface area contributed by atoms with E-state index in [4.69, 9.17) is 14.2 Å². The molecule has 3 amide bonds. The Kier molecular flexibility index (Phi) is 8.79. The molecule has 0 spiro atoms. The van der Waals surface area contributed by atoms with Crippen LogP contribution in [0.4, 0.5) is 4.79 Å². The Morgan fingerprint density at radius 3 is 1.97 bits per heavy atom. The predicted molar refractivity (Wildman–Crippen MR) is 105 cm³/mol. The standard InChI is InChI=1S/C20H25N3O8/c1-3-29-18(26)16-17(19(27)30-4-2)23(16)15(25)11-21-14(24)10-22-20(28)31-12-13-8-6-5-7-9-13/h5-9,16-17H,3-4,10-12H2,1-2H3,(H,21,24)(H,22,28). The lowest BCUT2D eigenvalue weighted by Gasteiger charge is -2.09. The molecule has 1 aromatic rings. The molecule has 0 bridgehead atoms. The number of benzene rings is 1. The molecule has 2 rings (SSSR count). The Balaban J connectivity index is 1.74. The number of amides is 3. The van der Waals surface area contributed by atoms with Gasteiger partial charge in [-0.1, -0.05) is 30.3 Å². The van der Waals surface area contributed by atoms with Crippen LogP contribution in [-0.4, -0.2) is 73.1 Å². The highest BCUT2D eigenvalue weighted by Gasteiger charge is 2.61. The van der Waals surface area contributed by atoms with Crippen molar-refractivity contribution in [3.8, 4) is 0 Å². The first-order chi connectivity index (χ1) is 14.9. The van der Waals surface area contributed by atoms with Gasteiger partial charge in [0.1, 0.15) is 13.2 Å². The number of hydrogen-bond donors (Lipinski definition) is 2. The van der Waals surface area contributed by atoms with Crippen molar-refractivity contribution in [2.75, 3.05) is 26.3 Å². The van der Waals surface area contributed by atoms with Gasteiger partial charge in [0.05, 0.1) is 19.8 Å². The largest absolute Gasteiger partial charge is 0.464 e. The fourth-order valence-electron chi connectivity index (χ4n) is 2.74. The van der Waals surface area contributed by atoms with Crippen molar-refractivity contribution in [2.45, 2.75) is 32.5 Å². The highest BCUT2D eigenvalue weighted by molar-refractivity contribution is 6.01. The van der Waals surface area contributed by atoms with Crippen LogP contribution in [0.3, 0.4) is 0 Å². The summed E-state index contributed by atoms with van der Waals surface area (Å²) in [6.45, 7) is 2.56. The molecule has 11 heteroatoms. The van der Waals surface area contributed by atoms with Crippen molar-refractivity contribution >= 4 is 29.8 Å². The average Bonchev–Trinajstić information content (AvgIpc) is 3.52. The van der Waals surface area contributed by atoms with E-state index in [2.05, 4.69) is 10.6 Å². The molecule has 0 saturated carbocycles. The van der Waals surface area contributed by atoms with E-state index in [1.54, 1.807) is 38.1 Å². The number of carbonyl (C=O) groups is 5. The van der Waals surface area contributed by atoms with Gasteiger partial charge >= 0.3 is 18.0 Å². The summed E-state index contributed by atoms with van der Waals surface area (Å²) in [5.74, 6) is -2.74. The second kappa shape index (κ2) is 11.5. The molecule has 0 radical (unpaired) electrons. The van der Waals surface area contributed by atoms with E-state index in [1.165, 1.54) is 0 Å². The van der Waals surface area contributed by atoms with Gasteiger partial charge < -0.3 is 29.7 Å². The smallest absolute Gasteiger partial charge is 0.407 e. The van der Waals surface area contributed by atoms with E-state index in [-0.39, 0.29) is 19.8 Å². The molecule has 1 aliphatic heterocycles. The van der Waals surface area contributed by atoms with Crippen LogP contribution in [0, 0.1) is 0 Å². The molecule has 1 saturated heterocycles. The fourth-order valence-corrected chi connectivity index (χ4v) is 2.74. The summed E-state index contributed by atoms with van der Waals surface area (Å²) in [6.07, 6.45) is -0.791. The Morgan fingerprint density at radius 1 is 0.839 bits per heavy atom. The van der Waals surface area contributed by atoms with Gasteiger partial charge in [-0.25, -0.2) is 14.4 Å². The Bertz CT molecular complexity index is 790. The first-order valence-corrected chi connectivity index (χ1v) is 9.74. The maximum Gasteiger partial charge on any atom is 0.407 e. The summed E-state index contributed by atoms with van der Waals surface area (Å²) < 4.78 is 14.7. The van der Waals surface area contributed by atoms with Crippen molar-refractivity contribution in [3.63, 3.8) is 0 Å². The molecule has 1 fully saturated rings. The molecular weight excluding hydrogens is 410 g/mol. The van der Waals surface area contributed by atoms with Crippen LogP contribution in [0.15, 0.2) is 30.3 Å². The Morgan fingerprint density at radius 2 is 1.42 bits per heavy atom. The molecule has 2 N–H and O–H groups in total. The van der Waals surface area contributed by atoms with Crippen LogP contribution in [0.1, 0.15) is 19.4 Å². The van der Waals surface area contributed by atoms with Crippen molar-refractivity contribution in [2.24, 2.45) is 0 Å². The van der Waals surface area contributed by atoms with Crippen LogP contribution < -0.4 is 10.6 Å². The number of hydrogen-bond acceptors (Lipinski definition) is 8. The van der Waals surface area contributed by atoms with E-state index in [0.717, 1.165) is 10.5 Å². The van der Waals surface area contributed by atoms with Crippen LogP contribution in [0.2, 0.25) is 0 Å². The van der Waals surface area contributed by atoms with Gasteiger partial charge in [0.15, 0.2) is 12.1 Å². The number of alkyl carbamates (subject to hydrolysis) is 1. The summed E-state index contributed by atoms with van der Waals surface area (Å²) >= 11 is 0. The summed E-state index contributed by atoms with van der Waals surface area (Å²) in [4.78, 5) is 60.7. The molecule has 1 heterocycles. The first kappa shape index (κ1) is 23.6. The lowest BCUT2D eigenvalue weighted by molar-refractivity contribution is -0.147. The SMILES string of the molecule is CCOC(=O)C1C(C(=O)OCC)N1C(=O)CNC(=O)CNC(=O)OCc1ccccc1. The van der Waals surface area contributed by atoms with E-state index < -0.39 is 55.0 Å². The van der Waals surface area contributed by atoms with Gasteiger partial charge in [0, 0.05) is 0 Å². The number of ether oxygens (including phenoxy) is 3. The number of esters is 2. The highest BCUT2D eigenvalue weighted by Crippen LogP contribution is 2.30. The summed E-state index contributed by atoms with van der Waals surface area (Å²) in [6, 6.07) is 6.85. The van der Waals surface area contributed by atoms with Gasteiger partial charge in [-0.2, -0.15) is 0 Å². The third-order valence-corrected chi connectivity index (χ3v) is 4.20. The minimum Gasteiger partial charge on any atom is -0.464 e. The number of carbonyl (C=O) groups excluding carboxylic acids is 5. The van der Waals surface area contributed by atoms with Crippen molar-refractivity contribution in [1.82, 2.24) is 15.5 Å². The lowest BCUT2D eigenvalue weighted by Crippen LogP contribution is -2.41. The van der Waals surface area contributed by atoms with E-state index in [0.29, 0.717) is 0 Å². The zero-order chi connectivity index (χ0) is 22.8. The predicted octanol–water partition coefficient (Wildman–Crippen LogP) is -0.265. The summed E-state index contributed by atoms with van der Waals surface area (Å²) in [7, 11) is 0. The molecular formula is C20H25N3O8. The molecule has 0 aromatic heterocycles. The quantitative estimate of drug-likeness (QED) is 0.291. The number of nitrogens with one attached hydrogen (secondary N) is 2. The maximum absolute atomic E-state index is 12.3. The number of nitrogens with zero attached hydrogens (tertiary/aromatic N) is 1. The molecule has 2 atom stereocenters. The van der Waals surface area contributed by atoms with E-state index >= 15 is 0 Å². The monoisotopic (exact) mass is 435 g/mol. The van der Waals surface area contributed by atoms with Crippen molar-refractivity contribution in [1.29, 1.82) is 0 Å². The van der Waals surface area contributed by atoms with Crippen molar-refractivity contribution < 1.29 is 38.2 Å². The second-order valence-electron chi connectivity index (χ2n) is 6.39. The summed E-state index contributed by atoms with van der Waals surface area (Å²) in [5.41, 5.74) is 0.790. The van der Waals surface area contributed by atoms with Gasteiger partial charge in [-0.3, -0.25) is 9.59 Å². The zero-order valence-electron chi connectivity index (χ0n) is 17.3. The van der Waals surface area contributed by atoms with Crippen LogP contribution in [0.5, 0.6) is 0 Å². The normalized spacial score (nSPS) is 16.6. The molecule has 31 heavy (non-hydrogen) atoms. The molecule has 1 aromatic carbocycles. The minimum atomic E-state index is -1.07. The lowest BCUT2D eigenvalue weighted by atomic mass is 10.2. The van der Waals surface area contributed by atoms with Gasteiger partial charge in [-0.05, 0) is 19.4 Å². The summed E-state index contributed by atoms with van der Waals surface area (Å²) in [5, 5.41) is 4.57. The van der Waals surface area contributed by atoms with Gasteiger partial charge in [-0.15, -0.1) is 0 Å². The number of rotatable bonds is 10. The molecule has 0 aliphatic carbocycles. The topological polar surface area (TPSA) is 140 Å². The van der Waals surface area contributed by atoms with E-state index in [1.807, 2.05) is 6.07 Å². The Labute approximate surface area is 179 Å². The second-order valence-corrected chi connectivity index (χ2v) is 6.39. The Hall–Kier alpha value is -3.63. The van der Waals surface area contributed by atoms with Crippen molar-refractivity contribution in [3.05, 3.63) is 35.9 Å². The van der Waals surface area contributed by atoms with E-state index in [9.17, 15) is 24.0 Å². The van der Waals surface area contributed by atoms with Gasteiger partial charge in [0.25, 0.3) is 0 Å². The fraction of sp³-hybridized carbons (Fsp3) is 0.450. The molecule has 2 unspecified atom stereocenters. The van der Waals surface area contributed by atoms with Gasteiger partial charge in [0.2, 0.25) is 11.8 Å². The van der Waals surface area contributed by atoms with Crippen LogP contribution >= 0.6 is 0 Å². The minimum absolute atomic E-state index is 0.0479. The van der Waals surface area contributed by atoms with Crippen LogP contribution in [-0.2, 0) is 40.0 Å². The third-order valence-electron chi connectivity index (χ3n) is 4.20. The first-order valence-electron chi connectivity index (χ1n) is 9.74. The molecule has 11 nitrogen and oxygen atoms in total. The maximum atomic E-state index is 12.3. The molecule has 1 aliphatic rings. The average molecular weight is 435 g/mol. The third kappa shape index (κ3) is 6.98. The zero-order valence-corrected chi connectivity index (χ0v) is 17.3. The highest BCUT2D eigenvalue weighted by atomic mass is 16.6. The molecule has 168 valence electrons. The van der Waals surface area contributed by atoms with Crippen LogP contribution in [0.25, 0.3) is 0 Å².